The van der Waals surface area contributed by atoms with Gasteiger partial charge in [0.2, 0.25) is 5.75 Å². The molecule has 0 amide bonds. The molecule has 0 spiro atoms. The number of ether oxygens (including phenoxy) is 3. The maximum Gasteiger partial charge on any atom is 0.203 e. The Bertz CT molecular complexity index is 1070. The number of methoxy groups -OCH3 is 3. The summed E-state index contributed by atoms with van der Waals surface area (Å²) in [5.74, 6) is 1.87. The van der Waals surface area contributed by atoms with Gasteiger partial charge < -0.3 is 18.8 Å². The fraction of sp³-hybridized carbons (Fsp3) is 0.348. The molecule has 1 heterocycles. The zero-order valence-corrected chi connectivity index (χ0v) is 18.9. The number of hydrogen-bond donors (Lipinski definition) is 0. The summed E-state index contributed by atoms with van der Waals surface area (Å²) in [6.07, 6.45) is 4.75. The molecule has 1 fully saturated rings. The van der Waals surface area contributed by atoms with E-state index in [9.17, 15) is 0 Å². The van der Waals surface area contributed by atoms with Gasteiger partial charge >= 0.3 is 0 Å². The summed E-state index contributed by atoms with van der Waals surface area (Å²) in [4.78, 5) is 5.86. The molecule has 0 saturated heterocycles. The number of aromatic nitrogens is 1. The Morgan fingerprint density at radius 3 is 2.27 bits per heavy atom. The van der Waals surface area contributed by atoms with Crippen LogP contribution in [0.1, 0.15) is 31.7 Å². The van der Waals surface area contributed by atoms with E-state index < -0.39 is 0 Å². The first-order valence-electron chi connectivity index (χ1n) is 9.96. The fourth-order valence-corrected chi connectivity index (χ4v) is 5.16. The lowest BCUT2D eigenvalue weighted by Crippen LogP contribution is -2.20. The van der Waals surface area contributed by atoms with Crippen molar-refractivity contribution in [2.45, 2.75) is 31.7 Å². The van der Waals surface area contributed by atoms with E-state index in [2.05, 4.69) is 9.95 Å². The van der Waals surface area contributed by atoms with E-state index in [1.54, 1.807) is 32.7 Å². The van der Waals surface area contributed by atoms with E-state index in [1.807, 2.05) is 36.4 Å². The van der Waals surface area contributed by atoms with Crippen LogP contribution in [0.25, 0.3) is 11.3 Å². The van der Waals surface area contributed by atoms with Gasteiger partial charge in [-0.05, 0) is 37.1 Å². The lowest BCUT2D eigenvalue weighted by molar-refractivity contribution is 0.324. The molecule has 0 unspecified atom stereocenters. The summed E-state index contributed by atoms with van der Waals surface area (Å²) in [7, 11) is 4.89. The van der Waals surface area contributed by atoms with Crippen LogP contribution in [-0.4, -0.2) is 25.9 Å². The Morgan fingerprint density at radius 2 is 1.67 bits per heavy atom. The summed E-state index contributed by atoms with van der Waals surface area (Å²) in [6.45, 7) is 0. The van der Waals surface area contributed by atoms with Crippen molar-refractivity contribution in [3.05, 3.63) is 51.6 Å². The van der Waals surface area contributed by atoms with E-state index in [1.165, 1.54) is 12.8 Å². The molecule has 0 N–H and O–H groups in total. The van der Waals surface area contributed by atoms with Crippen molar-refractivity contribution >= 4 is 28.6 Å². The van der Waals surface area contributed by atoms with Crippen LogP contribution in [0.4, 0.5) is 5.69 Å². The highest BCUT2D eigenvalue weighted by atomic mass is 35.5. The first-order chi connectivity index (χ1) is 14.7. The quantitative estimate of drug-likeness (QED) is 0.451. The molecular formula is C23H25ClN2O3S. The van der Waals surface area contributed by atoms with Crippen LogP contribution in [0.3, 0.4) is 0 Å². The van der Waals surface area contributed by atoms with Gasteiger partial charge in [0, 0.05) is 17.0 Å². The van der Waals surface area contributed by atoms with Gasteiger partial charge in [-0.2, -0.15) is 0 Å². The molecule has 2 aromatic carbocycles. The van der Waals surface area contributed by atoms with Crippen LogP contribution >= 0.6 is 22.9 Å². The van der Waals surface area contributed by atoms with Crippen molar-refractivity contribution in [1.29, 1.82) is 0 Å². The predicted octanol–water partition coefficient (Wildman–Crippen LogP) is 6.24. The van der Waals surface area contributed by atoms with Crippen LogP contribution in [0, 0.1) is 0 Å². The zero-order chi connectivity index (χ0) is 21.1. The number of para-hydroxylation sites is 1. The van der Waals surface area contributed by atoms with Gasteiger partial charge in [0.05, 0.1) is 37.7 Å². The Kier molecular flexibility index (Phi) is 6.35. The van der Waals surface area contributed by atoms with Crippen LogP contribution in [0.5, 0.6) is 17.2 Å². The van der Waals surface area contributed by atoms with Gasteiger partial charge in [0.1, 0.15) is 0 Å². The molecule has 1 aromatic heterocycles. The molecule has 3 aromatic rings. The molecule has 1 aliphatic rings. The monoisotopic (exact) mass is 444 g/mol. The highest BCUT2D eigenvalue weighted by Crippen LogP contribution is 2.42. The lowest BCUT2D eigenvalue weighted by Gasteiger charge is -2.18. The Labute approximate surface area is 185 Å². The van der Waals surface area contributed by atoms with Crippen molar-refractivity contribution < 1.29 is 14.2 Å². The molecule has 0 radical (unpaired) electrons. The molecule has 7 heteroatoms. The molecule has 1 aliphatic carbocycles. The smallest absolute Gasteiger partial charge is 0.203 e. The normalized spacial score (nSPS) is 14.9. The molecule has 30 heavy (non-hydrogen) atoms. The largest absolute Gasteiger partial charge is 0.493 e. The molecular weight excluding hydrogens is 420 g/mol. The third kappa shape index (κ3) is 3.94. The van der Waals surface area contributed by atoms with Crippen LogP contribution in [-0.2, 0) is 0 Å². The predicted molar refractivity (Wildman–Crippen MR) is 122 cm³/mol. The molecule has 4 rings (SSSR count). The maximum absolute atomic E-state index is 6.38. The molecule has 0 atom stereocenters. The molecule has 1 saturated carbocycles. The lowest BCUT2D eigenvalue weighted by atomic mass is 10.1. The SMILES string of the molecule is COc1cc(-c2csc(=Nc3ccccc3Cl)n2C2CCCC2)cc(OC)c1OC. The van der Waals surface area contributed by atoms with E-state index in [0.29, 0.717) is 28.3 Å². The number of hydrogen-bond acceptors (Lipinski definition) is 5. The van der Waals surface area contributed by atoms with Gasteiger partial charge in [-0.3, -0.25) is 0 Å². The van der Waals surface area contributed by atoms with Crippen molar-refractivity contribution in [2.24, 2.45) is 4.99 Å². The summed E-state index contributed by atoms with van der Waals surface area (Å²) in [5.41, 5.74) is 2.88. The van der Waals surface area contributed by atoms with Crippen LogP contribution < -0.4 is 19.0 Å². The van der Waals surface area contributed by atoms with Gasteiger partial charge in [-0.15, -0.1) is 11.3 Å². The Morgan fingerprint density at radius 1 is 1.00 bits per heavy atom. The van der Waals surface area contributed by atoms with Gasteiger partial charge in [0.25, 0.3) is 0 Å². The van der Waals surface area contributed by atoms with E-state index in [0.717, 1.165) is 34.6 Å². The second-order valence-electron chi connectivity index (χ2n) is 7.19. The minimum Gasteiger partial charge on any atom is -0.493 e. The summed E-state index contributed by atoms with van der Waals surface area (Å²) < 4.78 is 19.0. The van der Waals surface area contributed by atoms with Crippen molar-refractivity contribution in [3.8, 4) is 28.5 Å². The Hall–Kier alpha value is -2.44. The number of halogens is 1. The third-order valence-corrected chi connectivity index (χ3v) is 6.62. The highest BCUT2D eigenvalue weighted by Gasteiger charge is 2.23. The third-order valence-electron chi connectivity index (χ3n) is 5.46. The fourth-order valence-electron chi connectivity index (χ4n) is 4.00. The number of nitrogens with zero attached hydrogens (tertiary/aromatic N) is 2. The first kappa shape index (κ1) is 20.8. The zero-order valence-electron chi connectivity index (χ0n) is 17.4. The average Bonchev–Trinajstić information content (AvgIpc) is 3.44. The van der Waals surface area contributed by atoms with E-state index >= 15 is 0 Å². The van der Waals surface area contributed by atoms with Crippen LogP contribution in [0.15, 0.2) is 46.8 Å². The van der Waals surface area contributed by atoms with Gasteiger partial charge in [0.15, 0.2) is 16.3 Å². The van der Waals surface area contributed by atoms with Crippen molar-refractivity contribution in [3.63, 3.8) is 0 Å². The molecule has 0 aliphatic heterocycles. The Balaban J connectivity index is 1.91. The minimum absolute atomic E-state index is 0.409. The van der Waals surface area contributed by atoms with Crippen molar-refractivity contribution in [2.75, 3.05) is 21.3 Å². The van der Waals surface area contributed by atoms with Gasteiger partial charge in [-0.25, -0.2) is 4.99 Å². The maximum atomic E-state index is 6.38. The molecule has 158 valence electrons. The topological polar surface area (TPSA) is 45.0 Å². The molecule has 0 bridgehead atoms. The average molecular weight is 445 g/mol. The number of rotatable bonds is 6. The summed E-state index contributed by atoms with van der Waals surface area (Å²) in [5, 5.41) is 2.80. The highest BCUT2D eigenvalue weighted by molar-refractivity contribution is 7.07. The number of thiazole rings is 1. The number of benzene rings is 2. The van der Waals surface area contributed by atoms with Crippen molar-refractivity contribution in [1.82, 2.24) is 4.57 Å². The minimum atomic E-state index is 0.409. The standard InChI is InChI=1S/C23H25ClN2O3S/c1-27-20-12-15(13-21(28-2)22(20)29-3)19-14-30-23(26(19)16-8-4-5-9-16)25-18-11-7-6-10-17(18)24/h6-7,10-14,16H,4-5,8-9H2,1-3H3. The summed E-state index contributed by atoms with van der Waals surface area (Å²) >= 11 is 8.00. The summed E-state index contributed by atoms with van der Waals surface area (Å²) in [6, 6.07) is 12.1. The first-order valence-corrected chi connectivity index (χ1v) is 11.2. The van der Waals surface area contributed by atoms with Gasteiger partial charge in [-0.1, -0.05) is 36.6 Å². The second kappa shape index (κ2) is 9.14. The second-order valence-corrected chi connectivity index (χ2v) is 8.43. The van der Waals surface area contributed by atoms with Crippen LogP contribution in [0.2, 0.25) is 5.02 Å². The van der Waals surface area contributed by atoms with E-state index in [4.69, 9.17) is 30.8 Å². The van der Waals surface area contributed by atoms with E-state index in [-0.39, 0.29) is 0 Å². The molecule has 5 nitrogen and oxygen atoms in total.